The van der Waals surface area contributed by atoms with Crippen LogP contribution in [0.3, 0.4) is 0 Å². The molecule has 0 aromatic rings. The van der Waals surface area contributed by atoms with Crippen LogP contribution in [-0.2, 0) is 4.74 Å². The molecule has 0 aromatic carbocycles. The molecule has 2 unspecified atom stereocenters. The van der Waals surface area contributed by atoms with Gasteiger partial charge in [-0.05, 0) is 25.7 Å². The van der Waals surface area contributed by atoms with Crippen LogP contribution in [0, 0.1) is 5.41 Å². The van der Waals surface area contributed by atoms with Crippen molar-refractivity contribution in [1.82, 2.24) is 4.90 Å². The van der Waals surface area contributed by atoms with Crippen LogP contribution in [-0.4, -0.2) is 42.3 Å². The third-order valence-corrected chi connectivity index (χ3v) is 3.61. The zero-order chi connectivity index (χ0) is 13.3. The summed E-state index contributed by atoms with van der Waals surface area (Å²) in [6, 6.07) is 0.666. The minimum absolute atomic E-state index is 0.0464. The average Bonchev–Trinajstić information content (AvgIpc) is 2.13. The van der Waals surface area contributed by atoms with Gasteiger partial charge in [0.1, 0.15) is 0 Å². The Kier molecular flexibility index (Phi) is 4.61. The van der Waals surface area contributed by atoms with Gasteiger partial charge in [-0.1, -0.05) is 27.7 Å². The van der Waals surface area contributed by atoms with Gasteiger partial charge >= 0.3 is 0 Å². The first-order valence-electron chi connectivity index (χ1n) is 6.81. The van der Waals surface area contributed by atoms with Gasteiger partial charge in [-0.15, -0.1) is 0 Å². The van der Waals surface area contributed by atoms with Crippen LogP contribution in [0.15, 0.2) is 0 Å². The predicted molar refractivity (Wildman–Crippen MR) is 73.1 cm³/mol. The molecule has 1 fully saturated rings. The molecule has 1 aliphatic heterocycles. The summed E-state index contributed by atoms with van der Waals surface area (Å²) in [6.45, 7) is 16.2. The standard InChI is InChI=1S/C14H30N2O/c1-7-11(15)12(13(2,3)4)16-8-9-17-14(5,6)10-16/h11-12H,7-10,15H2,1-6H3. The Morgan fingerprint density at radius 3 is 2.35 bits per heavy atom. The fourth-order valence-electron chi connectivity index (χ4n) is 2.97. The maximum absolute atomic E-state index is 6.34. The molecule has 1 aliphatic rings. The minimum atomic E-state index is -0.0464. The van der Waals surface area contributed by atoms with Gasteiger partial charge in [0.25, 0.3) is 0 Å². The predicted octanol–water partition coefficient (Wildman–Crippen LogP) is 2.25. The lowest BCUT2D eigenvalue weighted by Gasteiger charge is -2.48. The van der Waals surface area contributed by atoms with E-state index in [0.717, 1.165) is 26.1 Å². The van der Waals surface area contributed by atoms with E-state index in [1.807, 2.05) is 0 Å². The molecule has 0 spiro atoms. The van der Waals surface area contributed by atoms with Crippen LogP contribution in [0.1, 0.15) is 48.0 Å². The summed E-state index contributed by atoms with van der Waals surface area (Å²) in [5.74, 6) is 0. The molecule has 2 N–H and O–H groups in total. The topological polar surface area (TPSA) is 38.5 Å². The van der Waals surface area contributed by atoms with E-state index in [9.17, 15) is 0 Å². The van der Waals surface area contributed by atoms with Gasteiger partial charge in [0.15, 0.2) is 0 Å². The normalized spacial score (nSPS) is 25.6. The molecule has 0 aromatic heterocycles. The third-order valence-electron chi connectivity index (χ3n) is 3.61. The van der Waals surface area contributed by atoms with Crippen LogP contribution in [0.2, 0.25) is 0 Å². The van der Waals surface area contributed by atoms with E-state index in [2.05, 4.69) is 46.4 Å². The van der Waals surface area contributed by atoms with Crippen molar-refractivity contribution in [2.45, 2.75) is 65.6 Å². The van der Waals surface area contributed by atoms with Crippen molar-refractivity contribution in [3.63, 3.8) is 0 Å². The molecule has 2 atom stereocenters. The number of rotatable bonds is 3. The van der Waals surface area contributed by atoms with Crippen molar-refractivity contribution in [3.8, 4) is 0 Å². The third kappa shape index (κ3) is 3.94. The maximum atomic E-state index is 6.34. The molecule has 17 heavy (non-hydrogen) atoms. The quantitative estimate of drug-likeness (QED) is 0.825. The molecule has 1 saturated heterocycles. The summed E-state index contributed by atoms with van der Waals surface area (Å²) >= 11 is 0. The monoisotopic (exact) mass is 242 g/mol. The average molecular weight is 242 g/mol. The van der Waals surface area contributed by atoms with E-state index in [-0.39, 0.29) is 17.1 Å². The van der Waals surface area contributed by atoms with Crippen molar-refractivity contribution in [2.75, 3.05) is 19.7 Å². The molecule has 102 valence electrons. The van der Waals surface area contributed by atoms with Gasteiger partial charge in [0.2, 0.25) is 0 Å². The molecule has 0 bridgehead atoms. The zero-order valence-electron chi connectivity index (χ0n) is 12.4. The fraction of sp³-hybridized carbons (Fsp3) is 1.00. The fourth-order valence-corrected chi connectivity index (χ4v) is 2.97. The highest BCUT2D eigenvalue weighted by Gasteiger charge is 2.39. The van der Waals surface area contributed by atoms with Crippen LogP contribution >= 0.6 is 0 Å². The summed E-state index contributed by atoms with van der Waals surface area (Å²) < 4.78 is 5.79. The van der Waals surface area contributed by atoms with E-state index in [1.54, 1.807) is 0 Å². The number of hydrogen-bond acceptors (Lipinski definition) is 3. The van der Waals surface area contributed by atoms with E-state index < -0.39 is 0 Å². The molecule has 0 amide bonds. The van der Waals surface area contributed by atoms with E-state index >= 15 is 0 Å². The summed E-state index contributed by atoms with van der Waals surface area (Å²) in [4.78, 5) is 2.53. The molecule has 0 saturated carbocycles. The Morgan fingerprint density at radius 1 is 1.35 bits per heavy atom. The molecule has 0 radical (unpaired) electrons. The molecule has 0 aliphatic carbocycles. The number of ether oxygens (including phenoxy) is 1. The highest BCUT2D eigenvalue weighted by Crippen LogP contribution is 2.30. The molecular weight excluding hydrogens is 212 g/mol. The second-order valence-corrected chi connectivity index (χ2v) is 6.96. The highest BCUT2D eigenvalue weighted by atomic mass is 16.5. The van der Waals surface area contributed by atoms with Gasteiger partial charge in [0, 0.05) is 25.2 Å². The molecule has 3 nitrogen and oxygen atoms in total. The van der Waals surface area contributed by atoms with Crippen LogP contribution < -0.4 is 5.73 Å². The maximum Gasteiger partial charge on any atom is 0.0753 e. The first-order valence-corrected chi connectivity index (χ1v) is 6.81. The Labute approximate surface area is 107 Å². The van der Waals surface area contributed by atoms with Crippen molar-refractivity contribution in [2.24, 2.45) is 11.1 Å². The smallest absolute Gasteiger partial charge is 0.0753 e. The summed E-state index contributed by atoms with van der Waals surface area (Å²) in [5, 5.41) is 0. The minimum Gasteiger partial charge on any atom is -0.373 e. The number of nitrogens with zero attached hydrogens (tertiary/aromatic N) is 1. The Hall–Kier alpha value is -0.120. The second-order valence-electron chi connectivity index (χ2n) is 6.96. The lowest BCUT2D eigenvalue weighted by atomic mass is 9.80. The number of hydrogen-bond donors (Lipinski definition) is 1. The van der Waals surface area contributed by atoms with Gasteiger partial charge in [-0.2, -0.15) is 0 Å². The van der Waals surface area contributed by atoms with Gasteiger partial charge in [-0.3, -0.25) is 4.90 Å². The first-order chi connectivity index (χ1) is 7.67. The highest BCUT2D eigenvalue weighted by molar-refractivity contribution is 4.94. The summed E-state index contributed by atoms with van der Waals surface area (Å²) in [5.41, 5.74) is 6.51. The van der Waals surface area contributed by atoms with E-state index in [4.69, 9.17) is 10.5 Å². The summed E-state index contributed by atoms with van der Waals surface area (Å²) in [6.07, 6.45) is 1.03. The number of morpholine rings is 1. The Bertz CT molecular complexity index is 245. The lowest BCUT2D eigenvalue weighted by Crippen LogP contribution is -2.61. The van der Waals surface area contributed by atoms with Crippen LogP contribution in [0.5, 0.6) is 0 Å². The zero-order valence-corrected chi connectivity index (χ0v) is 12.4. The number of nitrogens with two attached hydrogens (primary N) is 1. The second kappa shape index (κ2) is 5.25. The van der Waals surface area contributed by atoms with Gasteiger partial charge in [0.05, 0.1) is 12.2 Å². The van der Waals surface area contributed by atoms with Crippen LogP contribution in [0.4, 0.5) is 0 Å². The van der Waals surface area contributed by atoms with Crippen molar-refractivity contribution in [1.29, 1.82) is 0 Å². The van der Waals surface area contributed by atoms with E-state index in [0.29, 0.717) is 6.04 Å². The van der Waals surface area contributed by atoms with Crippen molar-refractivity contribution < 1.29 is 4.74 Å². The van der Waals surface area contributed by atoms with E-state index in [1.165, 1.54) is 0 Å². The van der Waals surface area contributed by atoms with Crippen molar-refractivity contribution >= 4 is 0 Å². The molecular formula is C14H30N2O. The SMILES string of the molecule is CCC(N)C(N1CCOC(C)(C)C1)C(C)(C)C. The molecule has 3 heteroatoms. The van der Waals surface area contributed by atoms with Crippen molar-refractivity contribution in [3.05, 3.63) is 0 Å². The Balaban J connectivity index is 2.83. The van der Waals surface area contributed by atoms with Gasteiger partial charge in [-0.25, -0.2) is 0 Å². The largest absolute Gasteiger partial charge is 0.373 e. The van der Waals surface area contributed by atoms with Gasteiger partial charge < -0.3 is 10.5 Å². The lowest BCUT2D eigenvalue weighted by molar-refractivity contribution is -0.112. The molecule has 1 heterocycles. The summed E-state index contributed by atoms with van der Waals surface area (Å²) in [7, 11) is 0. The van der Waals surface area contributed by atoms with Crippen LogP contribution in [0.25, 0.3) is 0 Å². The Morgan fingerprint density at radius 2 is 1.94 bits per heavy atom. The first kappa shape index (κ1) is 14.9. The molecule has 1 rings (SSSR count).